The molecule has 0 fully saturated rings. The molecule has 1 atom stereocenters. The van der Waals surface area contributed by atoms with Crippen LogP contribution in [0.4, 0.5) is 4.39 Å². The maximum absolute atomic E-state index is 13.1. The Bertz CT molecular complexity index is 758. The molecule has 0 spiro atoms. The van der Waals surface area contributed by atoms with Gasteiger partial charge in [-0.1, -0.05) is 35.5 Å². The summed E-state index contributed by atoms with van der Waals surface area (Å²) in [5.74, 6) is 0.435. The highest BCUT2D eigenvalue weighted by atomic mass is 35.5. The zero-order valence-electron chi connectivity index (χ0n) is 11.3. The number of halogens is 2. The lowest BCUT2D eigenvalue weighted by atomic mass is 10.1. The highest BCUT2D eigenvalue weighted by molar-refractivity contribution is 6.22. The van der Waals surface area contributed by atoms with Crippen molar-refractivity contribution in [2.45, 2.75) is 12.3 Å². The fourth-order valence-electron chi connectivity index (χ4n) is 2.09. The number of nitrogens with zero attached hydrogens (tertiary/aromatic N) is 2. The van der Waals surface area contributed by atoms with E-state index in [0.717, 1.165) is 16.7 Å². The van der Waals surface area contributed by atoms with Crippen molar-refractivity contribution in [2.24, 2.45) is 0 Å². The molecule has 0 aliphatic carbocycles. The Morgan fingerprint density at radius 1 is 1.14 bits per heavy atom. The molecule has 0 N–H and O–H groups in total. The highest BCUT2D eigenvalue weighted by Gasteiger charge is 2.19. The summed E-state index contributed by atoms with van der Waals surface area (Å²) in [6.07, 6.45) is 0. The van der Waals surface area contributed by atoms with Crippen LogP contribution in [0.3, 0.4) is 0 Å². The second kappa shape index (κ2) is 5.66. The van der Waals surface area contributed by atoms with Gasteiger partial charge < -0.3 is 4.52 Å². The van der Waals surface area contributed by atoms with Gasteiger partial charge in [0.05, 0.1) is 0 Å². The maximum Gasteiger partial charge on any atom is 0.249 e. The summed E-state index contributed by atoms with van der Waals surface area (Å²) in [7, 11) is 0. The summed E-state index contributed by atoms with van der Waals surface area (Å²) in [4.78, 5) is 4.32. The second-order valence-electron chi connectivity index (χ2n) is 4.69. The van der Waals surface area contributed by atoms with Crippen LogP contribution in [0.15, 0.2) is 53.1 Å². The third-order valence-electron chi connectivity index (χ3n) is 3.18. The van der Waals surface area contributed by atoms with Crippen molar-refractivity contribution in [3.8, 4) is 11.4 Å². The van der Waals surface area contributed by atoms with Crippen molar-refractivity contribution in [2.75, 3.05) is 0 Å². The van der Waals surface area contributed by atoms with E-state index in [1.165, 1.54) is 12.1 Å². The number of aryl methyl sites for hydroxylation is 1. The summed E-state index contributed by atoms with van der Waals surface area (Å²) in [6.45, 7) is 1.80. The molecule has 1 aromatic heterocycles. The molecular formula is C16H12ClFN2O. The summed E-state index contributed by atoms with van der Waals surface area (Å²) >= 11 is 6.34. The zero-order valence-corrected chi connectivity index (χ0v) is 12.0. The average molecular weight is 303 g/mol. The molecule has 21 heavy (non-hydrogen) atoms. The molecule has 0 amide bonds. The number of rotatable bonds is 3. The Morgan fingerprint density at radius 3 is 2.62 bits per heavy atom. The molecule has 3 rings (SSSR count). The molecule has 0 bridgehead atoms. The van der Waals surface area contributed by atoms with Crippen LogP contribution in [0.2, 0.25) is 0 Å². The van der Waals surface area contributed by atoms with Crippen LogP contribution in [0, 0.1) is 12.7 Å². The lowest BCUT2D eigenvalue weighted by Gasteiger charge is -2.03. The first-order chi connectivity index (χ1) is 10.1. The highest BCUT2D eigenvalue weighted by Crippen LogP contribution is 2.29. The van der Waals surface area contributed by atoms with Crippen molar-refractivity contribution in [3.63, 3.8) is 0 Å². The summed E-state index contributed by atoms with van der Waals surface area (Å²) in [5, 5.41) is 3.42. The minimum absolute atomic E-state index is 0.292. The van der Waals surface area contributed by atoms with Crippen LogP contribution in [-0.2, 0) is 0 Å². The molecule has 0 saturated carbocycles. The Morgan fingerprint density at radius 2 is 1.90 bits per heavy atom. The van der Waals surface area contributed by atoms with E-state index in [-0.39, 0.29) is 5.82 Å². The van der Waals surface area contributed by atoms with E-state index >= 15 is 0 Å². The first-order valence-electron chi connectivity index (χ1n) is 6.44. The van der Waals surface area contributed by atoms with Gasteiger partial charge in [0.25, 0.3) is 0 Å². The molecule has 0 aliphatic heterocycles. The number of hydrogen-bond donors (Lipinski definition) is 0. The van der Waals surface area contributed by atoms with Crippen LogP contribution >= 0.6 is 11.6 Å². The predicted molar refractivity (Wildman–Crippen MR) is 78.6 cm³/mol. The molecule has 3 aromatic rings. The van der Waals surface area contributed by atoms with Gasteiger partial charge in [-0.15, -0.1) is 11.6 Å². The summed E-state index contributed by atoms with van der Waals surface area (Å²) in [5.41, 5.74) is 2.35. The standard InChI is InChI=1S/C16H12ClFN2O/c1-10-9-12(18)7-8-13(10)15-19-16(21-20-15)14(17)11-5-3-2-4-6-11/h2-9,14H,1H3. The zero-order chi connectivity index (χ0) is 14.8. The largest absolute Gasteiger partial charge is 0.337 e. The van der Waals surface area contributed by atoms with E-state index < -0.39 is 5.38 Å². The van der Waals surface area contributed by atoms with Gasteiger partial charge in [0.1, 0.15) is 11.2 Å². The van der Waals surface area contributed by atoms with Crippen molar-refractivity contribution < 1.29 is 8.91 Å². The minimum Gasteiger partial charge on any atom is -0.337 e. The molecule has 5 heteroatoms. The molecule has 3 nitrogen and oxygen atoms in total. The molecule has 0 saturated heterocycles. The van der Waals surface area contributed by atoms with Gasteiger partial charge in [0.15, 0.2) is 0 Å². The third-order valence-corrected chi connectivity index (χ3v) is 3.62. The van der Waals surface area contributed by atoms with E-state index in [0.29, 0.717) is 11.7 Å². The van der Waals surface area contributed by atoms with Gasteiger partial charge in [0, 0.05) is 5.56 Å². The lowest BCUT2D eigenvalue weighted by molar-refractivity contribution is 0.383. The molecule has 1 heterocycles. The average Bonchev–Trinajstić information content (AvgIpc) is 2.97. The first-order valence-corrected chi connectivity index (χ1v) is 6.88. The van der Waals surface area contributed by atoms with Crippen molar-refractivity contribution in [3.05, 3.63) is 71.4 Å². The normalized spacial score (nSPS) is 12.3. The van der Waals surface area contributed by atoms with Gasteiger partial charge in [-0.2, -0.15) is 4.98 Å². The van der Waals surface area contributed by atoms with E-state index in [2.05, 4.69) is 10.1 Å². The van der Waals surface area contributed by atoms with E-state index in [1.54, 1.807) is 13.0 Å². The topological polar surface area (TPSA) is 38.9 Å². The Balaban J connectivity index is 1.93. The molecule has 2 aromatic carbocycles. The Hall–Kier alpha value is -2.20. The van der Waals surface area contributed by atoms with Crippen LogP contribution < -0.4 is 0 Å². The summed E-state index contributed by atoms with van der Waals surface area (Å²) < 4.78 is 18.4. The van der Waals surface area contributed by atoms with Gasteiger partial charge in [-0.3, -0.25) is 0 Å². The fraction of sp³-hybridized carbons (Fsp3) is 0.125. The van der Waals surface area contributed by atoms with Crippen molar-refractivity contribution in [1.82, 2.24) is 10.1 Å². The second-order valence-corrected chi connectivity index (χ2v) is 5.13. The van der Waals surface area contributed by atoms with E-state index in [9.17, 15) is 4.39 Å². The molecular weight excluding hydrogens is 291 g/mol. The summed E-state index contributed by atoms with van der Waals surface area (Å²) in [6, 6.07) is 13.9. The van der Waals surface area contributed by atoms with Crippen molar-refractivity contribution in [1.29, 1.82) is 0 Å². The fourth-order valence-corrected chi connectivity index (χ4v) is 2.32. The van der Waals surface area contributed by atoms with Gasteiger partial charge in [-0.25, -0.2) is 4.39 Å². The molecule has 0 radical (unpaired) electrons. The van der Waals surface area contributed by atoms with Crippen LogP contribution in [0.5, 0.6) is 0 Å². The number of alkyl halides is 1. The number of benzene rings is 2. The predicted octanol–water partition coefficient (Wildman–Crippen LogP) is 4.51. The SMILES string of the molecule is Cc1cc(F)ccc1-c1noc(C(Cl)c2ccccc2)n1. The third kappa shape index (κ3) is 2.81. The quantitative estimate of drug-likeness (QED) is 0.668. The van der Waals surface area contributed by atoms with Gasteiger partial charge >= 0.3 is 0 Å². The monoisotopic (exact) mass is 302 g/mol. The van der Waals surface area contributed by atoms with Crippen molar-refractivity contribution >= 4 is 11.6 Å². The Kier molecular flexibility index (Phi) is 3.71. The molecule has 0 aliphatic rings. The van der Waals surface area contributed by atoms with E-state index in [1.807, 2.05) is 30.3 Å². The molecule has 1 unspecified atom stereocenters. The van der Waals surface area contributed by atoms with Gasteiger partial charge in [-0.05, 0) is 36.2 Å². The lowest BCUT2D eigenvalue weighted by Crippen LogP contribution is -1.93. The van der Waals surface area contributed by atoms with E-state index in [4.69, 9.17) is 16.1 Å². The number of aromatic nitrogens is 2. The maximum atomic E-state index is 13.1. The molecule has 106 valence electrons. The van der Waals surface area contributed by atoms with Gasteiger partial charge in [0.2, 0.25) is 11.7 Å². The smallest absolute Gasteiger partial charge is 0.249 e. The van der Waals surface area contributed by atoms with Crippen LogP contribution in [0.1, 0.15) is 22.4 Å². The first kappa shape index (κ1) is 13.8. The number of hydrogen-bond acceptors (Lipinski definition) is 3. The minimum atomic E-state index is -0.506. The van der Waals surface area contributed by atoms with Crippen LogP contribution in [-0.4, -0.2) is 10.1 Å². The van der Waals surface area contributed by atoms with Crippen LogP contribution in [0.25, 0.3) is 11.4 Å². The Labute approximate surface area is 126 Å².